The van der Waals surface area contributed by atoms with E-state index in [1.807, 2.05) is 6.07 Å². The molecular formula is C13H16FNO2. The minimum Gasteiger partial charge on any atom is -0.466 e. The number of benzene rings is 1. The third kappa shape index (κ3) is 2.17. The molecule has 17 heavy (non-hydrogen) atoms. The van der Waals surface area contributed by atoms with Gasteiger partial charge in [-0.05, 0) is 12.5 Å². The van der Waals surface area contributed by atoms with Crippen LogP contribution < -0.4 is 5.32 Å². The first-order valence-electron chi connectivity index (χ1n) is 5.80. The standard InChI is InChI=1S/C13H16FNO2/c1-2-17-12(16)11-8-15-9-13(11,14)10-6-4-3-5-7-10/h3-7,11,15H,2,8-9H2,1H3. The van der Waals surface area contributed by atoms with E-state index in [0.717, 1.165) is 0 Å². The lowest BCUT2D eigenvalue weighted by atomic mass is 9.86. The number of esters is 1. The number of nitrogens with one attached hydrogen (secondary N) is 1. The first kappa shape index (κ1) is 12.0. The summed E-state index contributed by atoms with van der Waals surface area (Å²) < 4.78 is 19.8. The monoisotopic (exact) mass is 237 g/mol. The average Bonchev–Trinajstić information content (AvgIpc) is 2.74. The second-order valence-electron chi connectivity index (χ2n) is 4.16. The Labute approximate surface area is 100.0 Å². The fourth-order valence-electron chi connectivity index (χ4n) is 2.21. The minimum absolute atomic E-state index is 0.153. The highest BCUT2D eigenvalue weighted by atomic mass is 19.1. The molecule has 0 radical (unpaired) electrons. The average molecular weight is 237 g/mol. The molecular weight excluding hydrogens is 221 g/mol. The Morgan fingerprint density at radius 2 is 2.24 bits per heavy atom. The molecule has 1 N–H and O–H groups in total. The lowest BCUT2D eigenvalue weighted by molar-refractivity contribution is -0.152. The van der Waals surface area contributed by atoms with Crippen LogP contribution in [0.1, 0.15) is 12.5 Å². The molecule has 0 aliphatic carbocycles. The molecule has 1 aliphatic rings. The van der Waals surface area contributed by atoms with Crippen LogP contribution in [0.3, 0.4) is 0 Å². The Kier molecular flexibility index (Phi) is 3.43. The van der Waals surface area contributed by atoms with Gasteiger partial charge in [-0.25, -0.2) is 4.39 Å². The number of ether oxygens (including phenoxy) is 1. The van der Waals surface area contributed by atoms with E-state index in [1.165, 1.54) is 0 Å². The van der Waals surface area contributed by atoms with Crippen molar-refractivity contribution in [3.63, 3.8) is 0 Å². The summed E-state index contributed by atoms with van der Waals surface area (Å²) in [5.74, 6) is -1.23. The minimum atomic E-state index is -1.66. The van der Waals surface area contributed by atoms with Crippen LogP contribution in [0.5, 0.6) is 0 Å². The quantitative estimate of drug-likeness (QED) is 0.812. The summed E-state index contributed by atoms with van der Waals surface area (Å²) >= 11 is 0. The lowest BCUT2D eigenvalue weighted by Crippen LogP contribution is -2.36. The Balaban J connectivity index is 2.26. The van der Waals surface area contributed by atoms with E-state index < -0.39 is 17.6 Å². The molecule has 0 spiro atoms. The number of hydrogen-bond donors (Lipinski definition) is 1. The molecule has 0 aromatic heterocycles. The first-order chi connectivity index (χ1) is 8.18. The molecule has 0 saturated carbocycles. The fraction of sp³-hybridized carbons (Fsp3) is 0.462. The van der Waals surface area contributed by atoms with Crippen LogP contribution >= 0.6 is 0 Å². The van der Waals surface area contributed by atoms with Gasteiger partial charge < -0.3 is 10.1 Å². The number of hydrogen-bond acceptors (Lipinski definition) is 3. The summed E-state index contributed by atoms with van der Waals surface area (Å²) in [5, 5.41) is 2.92. The normalized spacial score (nSPS) is 28.0. The zero-order chi connectivity index (χ0) is 12.3. The Bertz CT molecular complexity index is 396. The summed E-state index contributed by atoms with van der Waals surface area (Å²) in [5.41, 5.74) is -1.13. The van der Waals surface area contributed by atoms with Gasteiger partial charge in [0.05, 0.1) is 6.61 Å². The van der Waals surface area contributed by atoms with E-state index >= 15 is 0 Å². The zero-order valence-corrected chi connectivity index (χ0v) is 9.78. The van der Waals surface area contributed by atoms with Gasteiger partial charge in [-0.3, -0.25) is 4.79 Å². The van der Waals surface area contributed by atoms with Gasteiger partial charge in [0, 0.05) is 13.1 Å². The Morgan fingerprint density at radius 3 is 2.88 bits per heavy atom. The van der Waals surface area contributed by atoms with E-state index in [1.54, 1.807) is 31.2 Å². The smallest absolute Gasteiger partial charge is 0.313 e. The predicted octanol–water partition coefficient (Wildman–Crippen LogP) is 1.63. The van der Waals surface area contributed by atoms with Crippen LogP contribution in [-0.2, 0) is 15.2 Å². The zero-order valence-electron chi connectivity index (χ0n) is 9.78. The van der Waals surface area contributed by atoms with Crippen molar-refractivity contribution in [2.24, 2.45) is 5.92 Å². The van der Waals surface area contributed by atoms with Crippen LogP contribution in [0.25, 0.3) is 0 Å². The van der Waals surface area contributed by atoms with E-state index in [0.29, 0.717) is 12.1 Å². The summed E-state index contributed by atoms with van der Waals surface area (Å²) in [4.78, 5) is 11.7. The maximum absolute atomic E-state index is 14.9. The van der Waals surface area contributed by atoms with Gasteiger partial charge >= 0.3 is 5.97 Å². The summed E-state index contributed by atoms with van der Waals surface area (Å²) in [6.45, 7) is 2.48. The second-order valence-corrected chi connectivity index (χ2v) is 4.16. The van der Waals surface area contributed by atoms with Gasteiger partial charge in [0.25, 0.3) is 0 Å². The third-order valence-electron chi connectivity index (χ3n) is 3.11. The van der Waals surface area contributed by atoms with E-state index in [-0.39, 0.29) is 13.2 Å². The van der Waals surface area contributed by atoms with Gasteiger partial charge in [-0.1, -0.05) is 30.3 Å². The largest absolute Gasteiger partial charge is 0.466 e. The highest BCUT2D eigenvalue weighted by molar-refractivity contribution is 5.75. The van der Waals surface area contributed by atoms with Crippen molar-refractivity contribution < 1.29 is 13.9 Å². The molecule has 1 saturated heterocycles. The van der Waals surface area contributed by atoms with Gasteiger partial charge in [0.15, 0.2) is 5.67 Å². The number of halogens is 1. The predicted molar refractivity (Wildman–Crippen MR) is 62.2 cm³/mol. The topological polar surface area (TPSA) is 38.3 Å². The van der Waals surface area contributed by atoms with Crippen LogP contribution in [0.4, 0.5) is 4.39 Å². The number of alkyl halides is 1. The number of rotatable bonds is 3. The Hall–Kier alpha value is -1.42. The maximum atomic E-state index is 14.9. The van der Waals surface area contributed by atoms with Crippen molar-refractivity contribution >= 4 is 5.97 Å². The maximum Gasteiger partial charge on any atom is 0.313 e. The molecule has 2 atom stereocenters. The second kappa shape index (κ2) is 4.84. The van der Waals surface area contributed by atoms with Crippen LogP contribution in [0, 0.1) is 5.92 Å². The first-order valence-corrected chi connectivity index (χ1v) is 5.80. The molecule has 1 aromatic rings. The molecule has 2 rings (SSSR count). The number of carbonyl (C=O) groups excluding carboxylic acids is 1. The number of carbonyl (C=O) groups is 1. The molecule has 1 aromatic carbocycles. The summed E-state index contributed by atoms with van der Waals surface area (Å²) in [7, 11) is 0. The summed E-state index contributed by atoms with van der Waals surface area (Å²) in [6, 6.07) is 8.79. The molecule has 0 amide bonds. The van der Waals surface area contributed by atoms with Crippen molar-refractivity contribution in [2.45, 2.75) is 12.6 Å². The van der Waals surface area contributed by atoms with Crippen LogP contribution in [-0.4, -0.2) is 25.7 Å². The third-order valence-corrected chi connectivity index (χ3v) is 3.11. The van der Waals surface area contributed by atoms with Crippen LogP contribution in [0.15, 0.2) is 30.3 Å². The molecule has 1 heterocycles. The van der Waals surface area contributed by atoms with E-state index in [4.69, 9.17) is 4.74 Å². The van der Waals surface area contributed by atoms with Crippen molar-refractivity contribution in [1.82, 2.24) is 5.32 Å². The molecule has 3 nitrogen and oxygen atoms in total. The molecule has 0 bridgehead atoms. The molecule has 2 unspecified atom stereocenters. The van der Waals surface area contributed by atoms with Gasteiger partial charge in [0.1, 0.15) is 5.92 Å². The summed E-state index contributed by atoms with van der Waals surface area (Å²) in [6.07, 6.45) is 0. The Morgan fingerprint density at radius 1 is 1.53 bits per heavy atom. The van der Waals surface area contributed by atoms with E-state index in [2.05, 4.69) is 5.32 Å². The van der Waals surface area contributed by atoms with Crippen molar-refractivity contribution in [2.75, 3.05) is 19.7 Å². The van der Waals surface area contributed by atoms with Gasteiger partial charge in [-0.2, -0.15) is 0 Å². The van der Waals surface area contributed by atoms with Crippen molar-refractivity contribution in [3.05, 3.63) is 35.9 Å². The highest BCUT2D eigenvalue weighted by Crippen LogP contribution is 2.37. The van der Waals surface area contributed by atoms with Crippen molar-refractivity contribution in [1.29, 1.82) is 0 Å². The highest BCUT2D eigenvalue weighted by Gasteiger charge is 2.49. The SMILES string of the molecule is CCOC(=O)C1CNCC1(F)c1ccccc1. The van der Waals surface area contributed by atoms with Crippen molar-refractivity contribution in [3.8, 4) is 0 Å². The van der Waals surface area contributed by atoms with Crippen LogP contribution in [0.2, 0.25) is 0 Å². The lowest BCUT2D eigenvalue weighted by Gasteiger charge is -2.25. The van der Waals surface area contributed by atoms with E-state index in [9.17, 15) is 9.18 Å². The molecule has 1 fully saturated rings. The van der Waals surface area contributed by atoms with Gasteiger partial charge in [0.2, 0.25) is 0 Å². The fourth-order valence-corrected chi connectivity index (χ4v) is 2.21. The van der Waals surface area contributed by atoms with Gasteiger partial charge in [-0.15, -0.1) is 0 Å². The molecule has 4 heteroatoms. The molecule has 92 valence electrons. The molecule has 1 aliphatic heterocycles.